The molecule has 0 aliphatic carbocycles. The molecule has 0 fully saturated rings. The Morgan fingerprint density at radius 2 is 2.28 bits per heavy atom. The Kier molecular flexibility index (Phi) is 4.44. The summed E-state index contributed by atoms with van der Waals surface area (Å²) in [5.74, 6) is 0.0655. The first-order valence-corrected chi connectivity index (χ1v) is 6.94. The van der Waals surface area contributed by atoms with Crippen molar-refractivity contribution in [2.75, 3.05) is 0 Å². The van der Waals surface area contributed by atoms with Gasteiger partial charge in [0.15, 0.2) is 5.78 Å². The topological polar surface area (TPSA) is 42.9 Å². The van der Waals surface area contributed by atoms with Gasteiger partial charge in [-0.25, -0.2) is 0 Å². The fourth-order valence-corrected chi connectivity index (χ4v) is 2.59. The summed E-state index contributed by atoms with van der Waals surface area (Å²) < 4.78 is 3.87. The van der Waals surface area contributed by atoms with Crippen molar-refractivity contribution in [3.63, 3.8) is 0 Å². The van der Waals surface area contributed by atoms with Crippen molar-refractivity contribution < 1.29 is 4.79 Å². The zero-order chi connectivity index (χ0) is 13.0. The van der Waals surface area contributed by atoms with E-state index in [4.69, 9.17) is 11.6 Å². The van der Waals surface area contributed by atoms with Crippen LogP contribution in [0.4, 0.5) is 0 Å². The van der Waals surface area contributed by atoms with Gasteiger partial charge in [-0.1, -0.05) is 41.6 Å². The highest BCUT2D eigenvalue weighted by molar-refractivity contribution is 7.08. The summed E-state index contributed by atoms with van der Waals surface area (Å²) in [7, 11) is 0. The fraction of sp³-hybridized carbons (Fsp3) is 0.308. The highest BCUT2D eigenvalue weighted by Gasteiger charge is 2.15. The van der Waals surface area contributed by atoms with Crippen LogP contribution in [0.2, 0.25) is 5.02 Å². The number of rotatable bonds is 5. The molecule has 0 unspecified atom stereocenters. The molecule has 0 bridgehead atoms. The maximum atomic E-state index is 12.2. The lowest BCUT2D eigenvalue weighted by atomic mass is 10.1. The maximum Gasteiger partial charge on any atom is 0.180 e. The Morgan fingerprint density at radius 1 is 1.44 bits per heavy atom. The molecule has 0 radical (unpaired) electrons. The molecule has 0 aliphatic heterocycles. The quantitative estimate of drug-likeness (QED) is 0.787. The molecule has 0 saturated carbocycles. The number of benzene rings is 1. The lowest BCUT2D eigenvalue weighted by Gasteiger charge is -2.01. The summed E-state index contributed by atoms with van der Waals surface area (Å²) in [5.41, 5.74) is 1.73. The van der Waals surface area contributed by atoms with Gasteiger partial charge in [-0.2, -0.15) is 0 Å². The Balaban J connectivity index is 2.14. The molecule has 0 aliphatic rings. The van der Waals surface area contributed by atoms with Crippen molar-refractivity contribution in [1.82, 2.24) is 9.59 Å². The molecule has 0 N–H and O–H groups in total. The molecule has 1 heterocycles. The monoisotopic (exact) mass is 280 g/mol. The Morgan fingerprint density at radius 3 is 3.00 bits per heavy atom. The van der Waals surface area contributed by atoms with Gasteiger partial charge >= 0.3 is 0 Å². The molecule has 94 valence electrons. The van der Waals surface area contributed by atoms with Crippen LogP contribution in [0.3, 0.4) is 0 Å². The average Bonchev–Trinajstić information content (AvgIpc) is 2.78. The summed E-state index contributed by atoms with van der Waals surface area (Å²) >= 11 is 7.08. The fourth-order valence-electron chi connectivity index (χ4n) is 1.73. The molecule has 0 saturated heterocycles. The van der Waals surface area contributed by atoms with Gasteiger partial charge in [-0.05, 0) is 35.6 Å². The average molecular weight is 281 g/mol. The number of carbonyl (C=O) groups is 1. The molecule has 1 aromatic heterocycles. The molecule has 0 amide bonds. The van der Waals surface area contributed by atoms with E-state index in [1.165, 1.54) is 11.5 Å². The van der Waals surface area contributed by atoms with E-state index >= 15 is 0 Å². The molecule has 18 heavy (non-hydrogen) atoms. The molecular weight excluding hydrogens is 268 g/mol. The lowest BCUT2D eigenvalue weighted by Crippen LogP contribution is -2.04. The summed E-state index contributed by atoms with van der Waals surface area (Å²) in [6.07, 6.45) is 2.11. The predicted octanol–water partition coefficient (Wildman–Crippen LogP) is 3.57. The minimum Gasteiger partial charge on any atom is -0.293 e. The van der Waals surface area contributed by atoms with E-state index < -0.39 is 0 Å². The maximum absolute atomic E-state index is 12.2. The standard InChI is InChI=1S/C13H13ClN2OS/c1-2-4-11-13(18-16-15-11)12(17)8-9-5-3-6-10(14)7-9/h3,5-7H,2,4,8H2,1H3. The van der Waals surface area contributed by atoms with Crippen LogP contribution in [0.25, 0.3) is 0 Å². The second kappa shape index (κ2) is 6.07. The van der Waals surface area contributed by atoms with Gasteiger partial charge in [0.25, 0.3) is 0 Å². The first-order chi connectivity index (χ1) is 8.70. The van der Waals surface area contributed by atoms with E-state index in [9.17, 15) is 4.79 Å². The molecule has 3 nitrogen and oxygen atoms in total. The van der Waals surface area contributed by atoms with Gasteiger partial charge in [0.05, 0.1) is 5.69 Å². The molecule has 2 rings (SSSR count). The number of hydrogen-bond acceptors (Lipinski definition) is 4. The van der Waals surface area contributed by atoms with Gasteiger partial charge in [-0.15, -0.1) is 5.10 Å². The zero-order valence-electron chi connectivity index (χ0n) is 10.0. The van der Waals surface area contributed by atoms with Crippen LogP contribution in [0.1, 0.15) is 34.3 Å². The van der Waals surface area contributed by atoms with Crippen LogP contribution in [0, 0.1) is 0 Å². The van der Waals surface area contributed by atoms with Crippen LogP contribution in [0.5, 0.6) is 0 Å². The number of aryl methyl sites for hydroxylation is 1. The highest BCUT2D eigenvalue weighted by atomic mass is 35.5. The van der Waals surface area contributed by atoms with E-state index in [1.54, 1.807) is 6.07 Å². The molecular formula is C13H13ClN2OS. The van der Waals surface area contributed by atoms with Crippen molar-refractivity contribution in [3.05, 3.63) is 45.4 Å². The van der Waals surface area contributed by atoms with Gasteiger partial charge in [0.1, 0.15) is 4.88 Å². The minimum absolute atomic E-state index is 0.0655. The number of nitrogens with zero attached hydrogens (tertiary/aromatic N) is 2. The lowest BCUT2D eigenvalue weighted by molar-refractivity contribution is 0.0996. The van der Waals surface area contributed by atoms with Gasteiger partial charge in [0.2, 0.25) is 0 Å². The Bertz CT molecular complexity index is 553. The second-order valence-electron chi connectivity index (χ2n) is 4.03. The summed E-state index contributed by atoms with van der Waals surface area (Å²) in [5, 5.41) is 4.66. The summed E-state index contributed by atoms with van der Waals surface area (Å²) in [6.45, 7) is 2.06. The van der Waals surface area contributed by atoms with E-state index in [0.717, 1.165) is 24.1 Å². The third-order valence-electron chi connectivity index (χ3n) is 2.55. The third kappa shape index (κ3) is 3.15. The van der Waals surface area contributed by atoms with Crippen molar-refractivity contribution >= 4 is 28.9 Å². The molecule has 5 heteroatoms. The highest BCUT2D eigenvalue weighted by Crippen LogP contribution is 2.17. The molecule has 0 atom stereocenters. The zero-order valence-corrected chi connectivity index (χ0v) is 11.6. The van der Waals surface area contributed by atoms with Crippen LogP contribution >= 0.6 is 23.1 Å². The van der Waals surface area contributed by atoms with Crippen LogP contribution in [-0.4, -0.2) is 15.4 Å². The number of Topliss-reactive ketones (excluding diaryl/α,β-unsaturated/α-hetero) is 1. The van der Waals surface area contributed by atoms with Gasteiger partial charge in [0, 0.05) is 11.4 Å². The van der Waals surface area contributed by atoms with E-state index in [-0.39, 0.29) is 5.78 Å². The van der Waals surface area contributed by atoms with E-state index in [0.29, 0.717) is 16.3 Å². The summed E-state index contributed by atoms with van der Waals surface area (Å²) in [4.78, 5) is 12.8. The third-order valence-corrected chi connectivity index (χ3v) is 3.59. The molecule has 2 aromatic rings. The number of aromatic nitrogens is 2. The normalized spacial score (nSPS) is 10.6. The number of hydrogen-bond donors (Lipinski definition) is 0. The minimum atomic E-state index is 0.0655. The Hall–Kier alpha value is -1.26. The first kappa shape index (κ1) is 13.2. The SMILES string of the molecule is CCCc1nnsc1C(=O)Cc1cccc(Cl)c1. The van der Waals surface area contributed by atoms with E-state index in [1.807, 2.05) is 18.2 Å². The van der Waals surface area contributed by atoms with Crippen LogP contribution in [-0.2, 0) is 12.8 Å². The smallest absolute Gasteiger partial charge is 0.180 e. The Labute approximate surface area is 115 Å². The van der Waals surface area contributed by atoms with Crippen LogP contribution in [0.15, 0.2) is 24.3 Å². The van der Waals surface area contributed by atoms with Crippen molar-refractivity contribution in [2.45, 2.75) is 26.2 Å². The predicted molar refractivity (Wildman–Crippen MR) is 73.4 cm³/mol. The first-order valence-electron chi connectivity index (χ1n) is 5.79. The van der Waals surface area contributed by atoms with Crippen LogP contribution < -0.4 is 0 Å². The summed E-state index contributed by atoms with van der Waals surface area (Å²) in [6, 6.07) is 7.36. The molecule has 1 aromatic carbocycles. The van der Waals surface area contributed by atoms with Crippen molar-refractivity contribution in [1.29, 1.82) is 0 Å². The molecule has 0 spiro atoms. The van der Waals surface area contributed by atoms with E-state index in [2.05, 4.69) is 16.5 Å². The van der Waals surface area contributed by atoms with Gasteiger partial charge in [-0.3, -0.25) is 4.79 Å². The number of halogens is 1. The van der Waals surface area contributed by atoms with Crippen molar-refractivity contribution in [2.24, 2.45) is 0 Å². The second-order valence-corrected chi connectivity index (χ2v) is 5.22. The number of ketones is 1. The van der Waals surface area contributed by atoms with Crippen molar-refractivity contribution in [3.8, 4) is 0 Å². The van der Waals surface area contributed by atoms with Gasteiger partial charge < -0.3 is 0 Å². The number of carbonyl (C=O) groups excluding carboxylic acids is 1. The largest absolute Gasteiger partial charge is 0.293 e.